The average Bonchev–Trinajstić information content (AvgIpc) is 2.74. The molecular formula is C19H30FN5O5. The van der Waals surface area contributed by atoms with Crippen LogP contribution in [-0.4, -0.2) is 77.7 Å². The maximum absolute atomic E-state index is 13.0. The molecule has 0 unspecified atom stereocenters. The number of aromatic nitrogens is 2. The van der Waals surface area contributed by atoms with Crippen molar-refractivity contribution in [1.29, 1.82) is 0 Å². The number of carbonyl (C=O) groups is 3. The fourth-order valence-corrected chi connectivity index (χ4v) is 3.21. The highest BCUT2D eigenvalue weighted by Gasteiger charge is 2.36. The monoisotopic (exact) mass is 427 g/mol. The smallest absolute Gasteiger partial charge is 0.290 e. The topological polar surface area (TPSA) is 134 Å². The van der Waals surface area contributed by atoms with Crippen LogP contribution in [-0.2, 0) is 19.1 Å². The molecule has 3 atom stereocenters. The molecular weight excluding hydrogens is 397 g/mol. The lowest BCUT2D eigenvalue weighted by Crippen LogP contribution is -2.47. The quantitative estimate of drug-likeness (QED) is 0.521. The van der Waals surface area contributed by atoms with Crippen LogP contribution < -0.4 is 10.6 Å². The summed E-state index contributed by atoms with van der Waals surface area (Å²) in [5, 5.41) is 12.6. The van der Waals surface area contributed by atoms with E-state index in [4.69, 9.17) is 14.6 Å². The summed E-state index contributed by atoms with van der Waals surface area (Å²) in [6.07, 6.45) is 4.82. The molecule has 0 radical (unpaired) electrons. The summed E-state index contributed by atoms with van der Waals surface area (Å²) in [6.45, 7) is 2.40. The largest absolute Gasteiger partial charge is 0.483 e. The van der Waals surface area contributed by atoms with Crippen molar-refractivity contribution in [3.63, 3.8) is 0 Å². The first kappa shape index (κ1) is 25.2. The molecule has 1 aliphatic carbocycles. The second kappa shape index (κ2) is 13.4. The molecule has 168 valence electrons. The zero-order valence-electron chi connectivity index (χ0n) is 17.5. The molecule has 3 N–H and O–H groups in total. The molecule has 1 fully saturated rings. The predicted octanol–water partition coefficient (Wildman–Crippen LogP) is 0.897. The molecule has 11 heteroatoms. The highest BCUT2D eigenvalue weighted by molar-refractivity contribution is 5.85. The van der Waals surface area contributed by atoms with Crippen LogP contribution in [0, 0.1) is 11.7 Å². The Morgan fingerprint density at radius 2 is 2.00 bits per heavy atom. The van der Waals surface area contributed by atoms with Gasteiger partial charge in [0.2, 0.25) is 17.8 Å². The Bertz CT molecular complexity index is 676. The van der Waals surface area contributed by atoms with Gasteiger partial charge in [-0.25, -0.2) is 14.4 Å². The Kier molecular flexibility index (Phi) is 11.3. The second-order valence-corrected chi connectivity index (χ2v) is 6.87. The molecule has 2 amide bonds. The normalized spacial score (nSPS) is 20.3. The van der Waals surface area contributed by atoms with Crippen LogP contribution in [0.2, 0.25) is 0 Å². The van der Waals surface area contributed by atoms with Gasteiger partial charge in [0.05, 0.1) is 31.1 Å². The molecule has 2 rings (SSSR count). The van der Waals surface area contributed by atoms with Crippen LogP contribution in [0.3, 0.4) is 0 Å². The highest BCUT2D eigenvalue weighted by Crippen LogP contribution is 2.30. The predicted molar refractivity (Wildman–Crippen MR) is 107 cm³/mol. The van der Waals surface area contributed by atoms with Gasteiger partial charge in [0, 0.05) is 26.6 Å². The van der Waals surface area contributed by atoms with E-state index in [0.717, 1.165) is 18.8 Å². The van der Waals surface area contributed by atoms with Crippen LogP contribution in [0.4, 0.5) is 10.3 Å². The van der Waals surface area contributed by atoms with Gasteiger partial charge in [-0.15, -0.1) is 0 Å². The van der Waals surface area contributed by atoms with E-state index in [1.54, 1.807) is 14.1 Å². The molecule has 1 aromatic heterocycles. The molecule has 1 aromatic rings. The third-order valence-corrected chi connectivity index (χ3v) is 4.65. The fourth-order valence-electron chi connectivity index (χ4n) is 3.21. The summed E-state index contributed by atoms with van der Waals surface area (Å²) in [7, 11) is 3.18. The molecule has 0 saturated heterocycles. The van der Waals surface area contributed by atoms with Gasteiger partial charge in [-0.05, 0) is 25.7 Å². The summed E-state index contributed by atoms with van der Waals surface area (Å²) in [6, 6.07) is -0.0599. The summed E-state index contributed by atoms with van der Waals surface area (Å²) in [4.78, 5) is 41.9. The first-order chi connectivity index (χ1) is 14.4. The molecule has 1 aliphatic rings. The van der Waals surface area contributed by atoms with E-state index in [0.29, 0.717) is 31.8 Å². The van der Waals surface area contributed by atoms with Gasteiger partial charge < -0.3 is 25.4 Å². The van der Waals surface area contributed by atoms with E-state index in [1.807, 2.05) is 6.92 Å². The van der Waals surface area contributed by atoms with Gasteiger partial charge in [-0.3, -0.25) is 14.4 Å². The molecule has 1 saturated carbocycles. The number of rotatable bonds is 8. The van der Waals surface area contributed by atoms with Crippen molar-refractivity contribution in [1.82, 2.24) is 20.2 Å². The first-order valence-electron chi connectivity index (χ1n) is 9.75. The van der Waals surface area contributed by atoms with E-state index in [9.17, 15) is 14.0 Å². The fraction of sp³-hybridized carbons (Fsp3) is 0.632. The lowest BCUT2D eigenvalue weighted by molar-refractivity contribution is -0.140. The van der Waals surface area contributed by atoms with Crippen LogP contribution in [0.5, 0.6) is 0 Å². The van der Waals surface area contributed by atoms with Gasteiger partial charge in [0.1, 0.15) is 0 Å². The Morgan fingerprint density at radius 3 is 2.57 bits per heavy atom. The Balaban J connectivity index is 0.00000141. The van der Waals surface area contributed by atoms with Gasteiger partial charge in [-0.2, -0.15) is 0 Å². The zero-order chi connectivity index (χ0) is 22.5. The lowest BCUT2D eigenvalue weighted by atomic mass is 9.83. The second-order valence-electron chi connectivity index (χ2n) is 6.87. The van der Waals surface area contributed by atoms with Crippen molar-refractivity contribution in [3.05, 3.63) is 18.2 Å². The molecule has 0 bridgehead atoms. The highest BCUT2D eigenvalue weighted by atomic mass is 19.1. The standard InChI is InChI=1S/C18H28FN5O3.CH2O2/c1-4-7-27-15-8-12(17(26)24(3)11-16(25)20-2)5-6-14(15)23-18-21-9-13(19)10-22-18;2-1-3/h9-10,12,14-15H,4-8,11H2,1-3H3,(H,20,25)(H,21,22,23);1H,(H,2,3)/t12-,14-,15-;/m0./s1. The summed E-state index contributed by atoms with van der Waals surface area (Å²) in [5.74, 6) is -0.608. The minimum atomic E-state index is -0.493. The third-order valence-electron chi connectivity index (χ3n) is 4.65. The van der Waals surface area contributed by atoms with Crippen molar-refractivity contribution in [2.24, 2.45) is 5.92 Å². The van der Waals surface area contributed by atoms with Gasteiger partial charge in [0.15, 0.2) is 5.82 Å². The van der Waals surface area contributed by atoms with E-state index in [2.05, 4.69) is 20.6 Å². The Labute approximate surface area is 175 Å². The number of hydrogen-bond donors (Lipinski definition) is 3. The first-order valence-corrected chi connectivity index (χ1v) is 9.75. The molecule has 1 heterocycles. The number of carboxylic acid groups (broad SMARTS) is 1. The number of amides is 2. The van der Waals surface area contributed by atoms with Crippen molar-refractivity contribution in [2.45, 2.75) is 44.8 Å². The summed E-state index contributed by atoms with van der Waals surface area (Å²) >= 11 is 0. The Morgan fingerprint density at radius 1 is 1.37 bits per heavy atom. The molecule has 0 spiro atoms. The number of ether oxygens (including phenoxy) is 1. The number of carbonyl (C=O) groups excluding carboxylic acids is 2. The third kappa shape index (κ3) is 8.27. The number of nitrogens with one attached hydrogen (secondary N) is 2. The Hall–Kier alpha value is -2.82. The molecule has 0 aromatic carbocycles. The van der Waals surface area contributed by atoms with Crippen molar-refractivity contribution < 1.29 is 28.6 Å². The van der Waals surface area contributed by atoms with E-state index in [-0.39, 0.29) is 42.9 Å². The summed E-state index contributed by atoms with van der Waals surface area (Å²) in [5.41, 5.74) is 0. The van der Waals surface area contributed by atoms with Crippen LogP contribution in [0.1, 0.15) is 32.6 Å². The van der Waals surface area contributed by atoms with Crippen molar-refractivity contribution in [3.8, 4) is 0 Å². The number of nitrogens with zero attached hydrogens (tertiary/aromatic N) is 3. The zero-order valence-corrected chi connectivity index (χ0v) is 17.5. The minimum Gasteiger partial charge on any atom is -0.483 e. The lowest BCUT2D eigenvalue weighted by Gasteiger charge is -2.37. The van der Waals surface area contributed by atoms with Gasteiger partial charge in [0.25, 0.3) is 6.47 Å². The molecule has 30 heavy (non-hydrogen) atoms. The van der Waals surface area contributed by atoms with E-state index in [1.165, 1.54) is 4.90 Å². The van der Waals surface area contributed by atoms with Crippen LogP contribution >= 0.6 is 0 Å². The summed E-state index contributed by atoms with van der Waals surface area (Å²) < 4.78 is 19.0. The molecule has 0 aliphatic heterocycles. The van der Waals surface area contributed by atoms with Gasteiger partial charge >= 0.3 is 0 Å². The van der Waals surface area contributed by atoms with E-state index >= 15 is 0 Å². The van der Waals surface area contributed by atoms with E-state index < -0.39 is 5.82 Å². The SMILES string of the molecule is CCCO[C@H]1C[C@@H](C(=O)N(C)CC(=O)NC)CC[C@@H]1Nc1ncc(F)cn1.O=CO. The van der Waals surface area contributed by atoms with Crippen molar-refractivity contribution in [2.75, 3.05) is 32.6 Å². The number of likely N-dealkylation sites (N-methyl/N-ethyl adjacent to an activating group) is 2. The maximum atomic E-state index is 13.0. The average molecular weight is 427 g/mol. The molecule has 10 nitrogen and oxygen atoms in total. The van der Waals surface area contributed by atoms with Crippen LogP contribution in [0.15, 0.2) is 12.4 Å². The minimum absolute atomic E-state index is 0.0391. The van der Waals surface area contributed by atoms with Crippen molar-refractivity contribution >= 4 is 24.2 Å². The number of halogens is 1. The number of hydrogen-bond acceptors (Lipinski definition) is 7. The van der Waals surface area contributed by atoms with Gasteiger partial charge in [-0.1, -0.05) is 6.92 Å². The maximum Gasteiger partial charge on any atom is 0.290 e. The number of anilines is 1. The van der Waals surface area contributed by atoms with Crippen LogP contribution in [0.25, 0.3) is 0 Å².